The lowest BCUT2D eigenvalue weighted by Gasteiger charge is -2.17. The fourth-order valence-corrected chi connectivity index (χ4v) is 1.55. The number of anilines is 1. The van der Waals surface area contributed by atoms with E-state index in [2.05, 4.69) is 0 Å². The summed E-state index contributed by atoms with van der Waals surface area (Å²) in [7, 11) is 3.17. The molecule has 0 aromatic heterocycles. The first-order chi connectivity index (χ1) is 8.34. The molecule has 0 saturated carbocycles. The summed E-state index contributed by atoms with van der Waals surface area (Å²) in [6.07, 6.45) is -0.870. The van der Waals surface area contributed by atoms with E-state index in [9.17, 15) is 9.59 Å². The second-order valence-corrected chi connectivity index (χ2v) is 4.37. The minimum atomic E-state index is -0.870. The number of amides is 1. The molecular formula is C12H15ClN2O3. The van der Waals surface area contributed by atoms with Crippen LogP contribution in [0.15, 0.2) is 18.2 Å². The van der Waals surface area contributed by atoms with Crippen molar-refractivity contribution >= 4 is 29.2 Å². The van der Waals surface area contributed by atoms with Gasteiger partial charge in [0.2, 0.25) is 0 Å². The summed E-state index contributed by atoms with van der Waals surface area (Å²) in [5.41, 5.74) is 6.02. The number of carbonyl (C=O) groups excluding carboxylic acids is 2. The quantitative estimate of drug-likeness (QED) is 0.668. The topological polar surface area (TPSA) is 72.6 Å². The Labute approximate surface area is 110 Å². The largest absolute Gasteiger partial charge is 0.449 e. The summed E-state index contributed by atoms with van der Waals surface area (Å²) in [6, 6.07) is 4.66. The highest BCUT2D eigenvalue weighted by molar-refractivity contribution is 6.36. The summed E-state index contributed by atoms with van der Waals surface area (Å²) in [5, 5.41) is 0.131. The number of nitrogens with two attached hydrogens (primary N) is 1. The van der Waals surface area contributed by atoms with E-state index in [0.29, 0.717) is 0 Å². The number of benzene rings is 1. The van der Waals surface area contributed by atoms with Crippen LogP contribution in [-0.4, -0.2) is 37.0 Å². The van der Waals surface area contributed by atoms with E-state index >= 15 is 0 Å². The fraction of sp³-hybridized carbons (Fsp3) is 0.333. The fourth-order valence-electron chi connectivity index (χ4n) is 1.35. The lowest BCUT2D eigenvalue weighted by atomic mass is 10.2. The number of carbonyl (C=O) groups is 2. The van der Waals surface area contributed by atoms with Crippen LogP contribution in [0.2, 0.25) is 5.02 Å². The van der Waals surface area contributed by atoms with Gasteiger partial charge in [-0.1, -0.05) is 17.7 Å². The highest BCUT2D eigenvalue weighted by Gasteiger charge is 2.22. The molecule has 1 atom stereocenters. The van der Waals surface area contributed by atoms with E-state index in [-0.39, 0.29) is 22.2 Å². The number of likely N-dealkylation sites (N-methyl/N-ethyl adjacent to an activating group) is 1. The summed E-state index contributed by atoms with van der Waals surface area (Å²) >= 11 is 5.89. The Morgan fingerprint density at radius 3 is 2.56 bits per heavy atom. The van der Waals surface area contributed by atoms with Gasteiger partial charge in [-0.15, -0.1) is 0 Å². The van der Waals surface area contributed by atoms with Crippen molar-refractivity contribution in [3.63, 3.8) is 0 Å². The summed E-state index contributed by atoms with van der Waals surface area (Å²) in [4.78, 5) is 24.7. The first-order valence-electron chi connectivity index (χ1n) is 5.30. The molecule has 0 heterocycles. The van der Waals surface area contributed by atoms with Gasteiger partial charge in [-0.2, -0.15) is 0 Å². The van der Waals surface area contributed by atoms with Gasteiger partial charge in [0.05, 0.1) is 16.3 Å². The Kier molecular flexibility index (Phi) is 4.55. The number of nitrogens with zero attached hydrogens (tertiary/aromatic N) is 1. The Hall–Kier alpha value is -1.75. The smallest absolute Gasteiger partial charge is 0.340 e. The third-order valence-corrected chi connectivity index (χ3v) is 2.74. The van der Waals surface area contributed by atoms with Crippen LogP contribution in [0.25, 0.3) is 0 Å². The van der Waals surface area contributed by atoms with Gasteiger partial charge in [0.25, 0.3) is 5.91 Å². The molecule has 6 heteroatoms. The lowest BCUT2D eigenvalue weighted by Crippen LogP contribution is -2.34. The predicted molar refractivity (Wildman–Crippen MR) is 69.4 cm³/mol. The summed E-state index contributed by atoms with van der Waals surface area (Å²) in [5.74, 6) is -0.974. The Balaban J connectivity index is 2.83. The lowest BCUT2D eigenvalue weighted by molar-refractivity contribution is -0.137. The SMILES string of the molecule is CC(OC(=O)c1cccc(N)c1Cl)C(=O)N(C)C. The highest BCUT2D eigenvalue weighted by Crippen LogP contribution is 2.24. The molecule has 0 aliphatic carbocycles. The van der Waals surface area contributed by atoms with Crippen LogP contribution in [0.1, 0.15) is 17.3 Å². The van der Waals surface area contributed by atoms with Gasteiger partial charge in [-0.3, -0.25) is 4.79 Å². The van der Waals surface area contributed by atoms with Crippen molar-refractivity contribution in [2.45, 2.75) is 13.0 Å². The second kappa shape index (κ2) is 5.73. The minimum Gasteiger partial charge on any atom is -0.449 e. The van der Waals surface area contributed by atoms with Crippen molar-refractivity contribution in [2.24, 2.45) is 0 Å². The molecule has 1 aromatic carbocycles. The standard InChI is InChI=1S/C12H15ClN2O3/c1-7(11(16)15(2)3)18-12(17)8-5-4-6-9(14)10(8)13/h4-7H,14H2,1-3H3. The van der Waals surface area contributed by atoms with Gasteiger partial charge in [0, 0.05) is 14.1 Å². The molecule has 5 nitrogen and oxygen atoms in total. The zero-order valence-electron chi connectivity index (χ0n) is 10.4. The van der Waals surface area contributed by atoms with Crippen molar-refractivity contribution in [3.8, 4) is 0 Å². The molecule has 1 aromatic rings. The number of esters is 1. The van der Waals surface area contributed by atoms with Crippen LogP contribution in [0.4, 0.5) is 5.69 Å². The summed E-state index contributed by atoms with van der Waals surface area (Å²) in [6.45, 7) is 1.50. The van der Waals surface area contributed by atoms with Crippen LogP contribution in [0, 0.1) is 0 Å². The number of ether oxygens (including phenoxy) is 1. The maximum absolute atomic E-state index is 11.8. The van der Waals surface area contributed by atoms with Crippen molar-refractivity contribution in [1.29, 1.82) is 0 Å². The average molecular weight is 271 g/mol. The van der Waals surface area contributed by atoms with E-state index in [0.717, 1.165) is 0 Å². The van der Waals surface area contributed by atoms with Gasteiger partial charge in [0.1, 0.15) is 0 Å². The molecule has 0 fully saturated rings. The summed E-state index contributed by atoms with van der Waals surface area (Å²) < 4.78 is 5.03. The monoisotopic (exact) mass is 270 g/mol. The molecule has 0 aliphatic heterocycles. The van der Waals surface area contributed by atoms with Gasteiger partial charge in [-0.05, 0) is 19.1 Å². The molecule has 0 spiro atoms. The average Bonchev–Trinajstić information content (AvgIpc) is 2.31. The molecule has 98 valence electrons. The van der Waals surface area contributed by atoms with Crippen LogP contribution in [-0.2, 0) is 9.53 Å². The molecule has 1 rings (SSSR count). The normalized spacial score (nSPS) is 11.8. The number of rotatable bonds is 3. The first kappa shape index (κ1) is 14.3. The van der Waals surface area contributed by atoms with E-state index in [1.54, 1.807) is 26.2 Å². The van der Waals surface area contributed by atoms with E-state index in [4.69, 9.17) is 22.1 Å². The van der Waals surface area contributed by atoms with Crippen LogP contribution >= 0.6 is 11.6 Å². The Bertz CT molecular complexity index is 474. The highest BCUT2D eigenvalue weighted by atomic mass is 35.5. The molecule has 18 heavy (non-hydrogen) atoms. The molecule has 0 aliphatic rings. The molecule has 1 amide bonds. The van der Waals surface area contributed by atoms with Gasteiger partial charge in [-0.25, -0.2) is 4.79 Å². The third-order valence-electron chi connectivity index (χ3n) is 2.32. The van der Waals surface area contributed by atoms with Gasteiger partial charge in [0.15, 0.2) is 6.10 Å². The van der Waals surface area contributed by atoms with Crippen molar-refractivity contribution in [2.75, 3.05) is 19.8 Å². The number of hydrogen-bond acceptors (Lipinski definition) is 4. The maximum atomic E-state index is 11.8. The zero-order chi connectivity index (χ0) is 13.9. The van der Waals surface area contributed by atoms with E-state index in [1.807, 2.05) is 0 Å². The maximum Gasteiger partial charge on any atom is 0.340 e. The van der Waals surface area contributed by atoms with Crippen molar-refractivity contribution in [1.82, 2.24) is 4.90 Å². The number of halogens is 1. The minimum absolute atomic E-state index is 0.131. The van der Waals surface area contributed by atoms with Crippen LogP contribution in [0.3, 0.4) is 0 Å². The zero-order valence-corrected chi connectivity index (χ0v) is 11.2. The second-order valence-electron chi connectivity index (χ2n) is 3.99. The number of nitrogen functional groups attached to an aromatic ring is 1. The molecular weight excluding hydrogens is 256 g/mol. The van der Waals surface area contributed by atoms with E-state index in [1.165, 1.54) is 17.9 Å². The van der Waals surface area contributed by atoms with E-state index < -0.39 is 12.1 Å². The molecule has 0 radical (unpaired) electrons. The van der Waals surface area contributed by atoms with Crippen molar-refractivity contribution in [3.05, 3.63) is 28.8 Å². The Morgan fingerprint density at radius 1 is 1.39 bits per heavy atom. The molecule has 0 saturated heterocycles. The number of hydrogen-bond donors (Lipinski definition) is 1. The van der Waals surface area contributed by atoms with Gasteiger partial charge >= 0.3 is 5.97 Å². The van der Waals surface area contributed by atoms with Gasteiger partial charge < -0.3 is 15.4 Å². The van der Waals surface area contributed by atoms with Crippen molar-refractivity contribution < 1.29 is 14.3 Å². The first-order valence-corrected chi connectivity index (χ1v) is 5.68. The predicted octanol–water partition coefficient (Wildman–Crippen LogP) is 1.56. The van der Waals surface area contributed by atoms with Crippen LogP contribution < -0.4 is 5.73 Å². The Morgan fingerprint density at radius 2 is 2.00 bits per heavy atom. The molecule has 2 N–H and O–H groups in total. The molecule has 0 bridgehead atoms. The van der Waals surface area contributed by atoms with Crippen LogP contribution in [0.5, 0.6) is 0 Å². The third kappa shape index (κ3) is 3.13. The molecule has 1 unspecified atom stereocenters.